The van der Waals surface area contributed by atoms with E-state index in [1.54, 1.807) is 0 Å². The van der Waals surface area contributed by atoms with Gasteiger partial charge in [-0.15, -0.1) is 0 Å². The van der Waals surface area contributed by atoms with Gasteiger partial charge in [0, 0.05) is 0 Å². The van der Waals surface area contributed by atoms with E-state index in [0.717, 1.165) is 11.8 Å². The molecule has 0 aromatic heterocycles. The summed E-state index contributed by atoms with van der Waals surface area (Å²) >= 11 is 0. The van der Waals surface area contributed by atoms with E-state index in [4.69, 9.17) is 0 Å². The zero-order valence-electron chi connectivity index (χ0n) is 7.78. The first-order chi connectivity index (χ1) is 4.58. The van der Waals surface area contributed by atoms with Crippen molar-refractivity contribution in [2.24, 2.45) is 17.3 Å². The van der Waals surface area contributed by atoms with Crippen molar-refractivity contribution < 1.29 is 0 Å². The second kappa shape index (κ2) is 2.56. The quantitative estimate of drug-likeness (QED) is 0.551. The largest absolute Gasteiger partial charge is 0.0651 e. The van der Waals surface area contributed by atoms with Gasteiger partial charge in [-0.25, -0.2) is 0 Å². The van der Waals surface area contributed by atoms with E-state index in [9.17, 15) is 0 Å². The Morgan fingerprint density at radius 2 is 1.90 bits per heavy atom. The topological polar surface area (TPSA) is 0 Å². The minimum Gasteiger partial charge on any atom is -0.0651 e. The second-order valence-electron chi connectivity index (χ2n) is 4.49. The summed E-state index contributed by atoms with van der Waals surface area (Å²) in [5.74, 6) is 1.93. The molecule has 0 atom stereocenters. The first kappa shape index (κ1) is 8.10. The average Bonchev–Trinajstić information content (AvgIpc) is 1.80. The smallest absolute Gasteiger partial charge is 0.0298 e. The molecule has 0 nitrogen and oxygen atoms in total. The van der Waals surface area contributed by atoms with Crippen LogP contribution < -0.4 is 0 Å². The van der Waals surface area contributed by atoms with Crippen LogP contribution in [0.5, 0.6) is 0 Å². The summed E-state index contributed by atoms with van der Waals surface area (Å²) in [6.07, 6.45) is 4.34. The van der Waals surface area contributed by atoms with Crippen molar-refractivity contribution in [2.45, 2.75) is 47.0 Å². The Morgan fingerprint density at radius 3 is 2.20 bits per heavy atom. The van der Waals surface area contributed by atoms with Crippen molar-refractivity contribution in [3.05, 3.63) is 0 Å². The molecule has 0 aliphatic heterocycles. The van der Waals surface area contributed by atoms with Gasteiger partial charge < -0.3 is 0 Å². The maximum Gasteiger partial charge on any atom is -0.0298 e. The molecule has 10 heavy (non-hydrogen) atoms. The van der Waals surface area contributed by atoms with Crippen LogP contribution in [0, 0.1) is 17.3 Å². The highest BCUT2D eigenvalue weighted by Crippen LogP contribution is 2.51. The molecule has 0 heteroatoms. The molecule has 0 amide bonds. The van der Waals surface area contributed by atoms with Crippen molar-refractivity contribution in [3.63, 3.8) is 0 Å². The first-order valence-corrected chi connectivity index (χ1v) is 4.58. The average molecular weight is 140 g/mol. The van der Waals surface area contributed by atoms with Gasteiger partial charge in [0.2, 0.25) is 0 Å². The third kappa shape index (κ3) is 1.21. The van der Waals surface area contributed by atoms with Gasteiger partial charge in [0.25, 0.3) is 0 Å². The lowest BCUT2D eigenvalue weighted by atomic mass is 9.57. The van der Waals surface area contributed by atoms with Crippen LogP contribution >= 0.6 is 0 Å². The van der Waals surface area contributed by atoms with Gasteiger partial charge >= 0.3 is 0 Å². The molecule has 0 heterocycles. The van der Waals surface area contributed by atoms with E-state index in [1.165, 1.54) is 19.3 Å². The Hall–Kier alpha value is 0. The lowest BCUT2D eigenvalue weighted by Crippen LogP contribution is -2.38. The fourth-order valence-electron chi connectivity index (χ4n) is 2.02. The third-order valence-electron chi connectivity index (χ3n) is 3.48. The van der Waals surface area contributed by atoms with Crippen LogP contribution in [0.1, 0.15) is 47.0 Å². The van der Waals surface area contributed by atoms with E-state index < -0.39 is 0 Å². The van der Waals surface area contributed by atoms with Crippen LogP contribution in [0.15, 0.2) is 0 Å². The monoisotopic (exact) mass is 140 g/mol. The van der Waals surface area contributed by atoms with Crippen LogP contribution in [0.3, 0.4) is 0 Å². The van der Waals surface area contributed by atoms with Crippen molar-refractivity contribution in [2.75, 3.05) is 0 Å². The summed E-state index contributed by atoms with van der Waals surface area (Å²) in [6.45, 7) is 9.45. The molecule has 0 aromatic rings. The normalized spacial score (nSPS) is 39.9. The predicted molar refractivity (Wildman–Crippen MR) is 46.0 cm³/mol. The Balaban J connectivity index is 2.34. The van der Waals surface area contributed by atoms with E-state index in [1.807, 2.05) is 0 Å². The summed E-state index contributed by atoms with van der Waals surface area (Å²) in [4.78, 5) is 0. The Bertz CT molecular complexity index is 107. The Kier molecular flexibility index (Phi) is 2.07. The van der Waals surface area contributed by atoms with Crippen molar-refractivity contribution in [3.8, 4) is 0 Å². The minimum absolute atomic E-state index is 0.695. The molecule has 1 rings (SSSR count). The molecule has 0 saturated heterocycles. The molecule has 0 bridgehead atoms. The zero-order chi connectivity index (χ0) is 7.78. The highest BCUT2D eigenvalue weighted by Gasteiger charge is 2.40. The van der Waals surface area contributed by atoms with Gasteiger partial charge in [0.1, 0.15) is 0 Å². The number of hydrogen-bond donors (Lipinski definition) is 0. The van der Waals surface area contributed by atoms with Crippen LogP contribution in [0.25, 0.3) is 0 Å². The van der Waals surface area contributed by atoms with Gasteiger partial charge in [-0.2, -0.15) is 0 Å². The third-order valence-corrected chi connectivity index (χ3v) is 3.48. The van der Waals surface area contributed by atoms with E-state index in [2.05, 4.69) is 27.7 Å². The van der Waals surface area contributed by atoms with E-state index in [0.29, 0.717) is 5.41 Å². The molecular formula is C10H20. The van der Waals surface area contributed by atoms with Crippen LogP contribution in [-0.4, -0.2) is 0 Å². The summed E-state index contributed by atoms with van der Waals surface area (Å²) < 4.78 is 0. The maximum atomic E-state index is 2.43. The second-order valence-corrected chi connectivity index (χ2v) is 4.49. The lowest BCUT2D eigenvalue weighted by Gasteiger charge is -2.48. The van der Waals surface area contributed by atoms with Gasteiger partial charge in [-0.05, 0) is 30.1 Å². The summed E-state index contributed by atoms with van der Waals surface area (Å²) in [6, 6.07) is 0. The SMILES string of the molecule is CCC1CC(C)(C(C)C)C1. The first-order valence-electron chi connectivity index (χ1n) is 4.58. The fraction of sp³-hybridized carbons (Fsp3) is 1.00. The molecule has 0 unspecified atom stereocenters. The Morgan fingerprint density at radius 1 is 1.40 bits per heavy atom. The van der Waals surface area contributed by atoms with Crippen LogP contribution in [0.2, 0.25) is 0 Å². The van der Waals surface area contributed by atoms with Crippen LogP contribution in [0.4, 0.5) is 0 Å². The van der Waals surface area contributed by atoms with E-state index >= 15 is 0 Å². The van der Waals surface area contributed by atoms with Crippen molar-refractivity contribution in [1.82, 2.24) is 0 Å². The van der Waals surface area contributed by atoms with Gasteiger partial charge in [-0.3, -0.25) is 0 Å². The summed E-state index contributed by atoms with van der Waals surface area (Å²) in [7, 11) is 0. The standard InChI is InChI=1S/C10H20/c1-5-9-6-10(4,7-9)8(2)3/h8-9H,5-7H2,1-4H3. The molecule has 1 saturated carbocycles. The highest BCUT2D eigenvalue weighted by molar-refractivity contribution is 4.91. The van der Waals surface area contributed by atoms with Crippen molar-refractivity contribution in [1.29, 1.82) is 0 Å². The summed E-state index contributed by atoms with van der Waals surface area (Å²) in [5, 5.41) is 0. The van der Waals surface area contributed by atoms with Gasteiger partial charge in [0.15, 0.2) is 0 Å². The fourth-order valence-corrected chi connectivity index (χ4v) is 2.02. The molecule has 0 spiro atoms. The van der Waals surface area contributed by atoms with E-state index in [-0.39, 0.29) is 0 Å². The molecule has 0 N–H and O–H groups in total. The molecular weight excluding hydrogens is 120 g/mol. The molecule has 1 aliphatic rings. The molecule has 0 radical (unpaired) electrons. The van der Waals surface area contributed by atoms with Crippen molar-refractivity contribution >= 4 is 0 Å². The molecule has 1 aliphatic carbocycles. The van der Waals surface area contributed by atoms with Gasteiger partial charge in [0.05, 0.1) is 0 Å². The number of rotatable bonds is 2. The minimum atomic E-state index is 0.695. The van der Waals surface area contributed by atoms with Gasteiger partial charge in [-0.1, -0.05) is 34.1 Å². The maximum absolute atomic E-state index is 2.43. The number of hydrogen-bond acceptors (Lipinski definition) is 0. The molecule has 60 valence electrons. The predicted octanol–water partition coefficient (Wildman–Crippen LogP) is 3.47. The highest BCUT2D eigenvalue weighted by atomic mass is 14.5. The van der Waals surface area contributed by atoms with Crippen LogP contribution in [-0.2, 0) is 0 Å². The summed E-state index contributed by atoms with van der Waals surface area (Å²) in [5.41, 5.74) is 0.695. The Labute approximate surface area is 65.0 Å². The molecule has 1 fully saturated rings. The molecule has 0 aromatic carbocycles. The lowest BCUT2D eigenvalue weighted by molar-refractivity contribution is 0.0236. The zero-order valence-corrected chi connectivity index (χ0v) is 7.78.